The lowest BCUT2D eigenvalue weighted by Crippen LogP contribution is -2.42. The van der Waals surface area contributed by atoms with Crippen LogP contribution in [0.15, 0.2) is 36.4 Å². The van der Waals surface area contributed by atoms with Gasteiger partial charge >= 0.3 is 5.97 Å². The van der Waals surface area contributed by atoms with Crippen molar-refractivity contribution in [2.75, 3.05) is 11.4 Å². The smallest absolute Gasteiger partial charge is 0.307 e. The van der Waals surface area contributed by atoms with Crippen molar-refractivity contribution in [1.82, 2.24) is 0 Å². The van der Waals surface area contributed by atoms with E-state index in [1.54, 1.807) is 0 Å². The maximum absolute atomic E-state index is 13.0. The first-order valence-electron chi connectivity index (χ1n) is 7.95. The van der Waals surface area contributed by atoms with Gasteiger partial charge in [0.05, 0.1) is 11.8 Å². The number of anilines is 1. The van der Waals surface area contributed by atoms with E-state index >= 15 is 0 Å². The van der Waals surface area contributed by atoms with Crippen LogP contribution in [0.5, 0.6) is 0 Å². The maximum atomic E-state index is 13.0. The number of hydrogen-bond acceptors (Lipinski definition) is 2. The lowest BCUT2D eigenvalue weighted by Gasteiger charge is -2.31. The van der Waals surface area contributed by atoms with Gasteiger partial charge < -0.3 is 10.0 Å². The number of allylic oxidation sites excluding steroid dienone is 2. The fourth-order valence-electron chi connectivity index (χ4n) is 3.48. The molecule has 0 unspecified atom stereocenters. The number of fused-ring (bicyclic) bond motifs is 1. The van der Waals surface area contributed by atoms with Gasteiger partial charge in [-0.25, -0.2) is 0 Å². The molecule has 4 nitrogen and oxygen atoms in total. The SMILES string of the molecule is O=C(O)[C@H]1CC=CC[C@H]1C(=O)N1CCCCc2ccccc21. The minimum absolute atomic E-state index is 0.0360. The minimum atomic E-state index is -0.870. The highest BCUT2D eigenvalue weighted by molar-refractivity contribution is 5.98. The number of hydrogen-bond donors (Lipinski definition) is 1. The van der Waals surface area contributed by atoms with E-state index < -0.39 is 17.8 Å². The minimum Gasteiger partial charge on any atom is -0.481 e. The first-order chi connectivity index (χ1) is 10.7. The third-order valence-corrected chi connectivity index (χ3v) is 4.69. The third-order valence-electron chi connectivity index (χ3n) is 4.69. The monoisotopic (exact) mass is 299 g/mol. The lowest BCUT2D eigenvalue weighted by molar-refractivity contribution is -0.146. The summed E-state index contributed by atoms with van der Waals surface area (Å²) in [5.74, 6) is -1.96. The Morgan fingerprint density at radius 3 is 2.55 bits per heavy atom. The summed E-state index contributed by atoms with van der Waals surface area (Å²) in [4.78, 5) is 26.3. The van der Waals surface area contributed by atoms with Crippen LogP contribution in [0.1, 0.15) is 31.2 Å². The van der Waals surface area contributed by atoms with Crippen molar-refractivity contribution in [2.24, 2.45) is 11.8 Å². The number of carbonyl (C=O) groups excluding carboxylic acids is 1. The molecule has 4 heteroatoms. The van der Waals surface area contributed by atoms with Crippen LogP contribution < -0.4 is 4.90 Å². The van der Waals surface area contributed by atoms with E-state index in [0.29, 0.717) is 19.4 Å². The second-order valence-electron chi connectivity index (χ2n) is 6.07. The molecular formula is C18H21NO3. The van der Waals surface area contributed by atoms with Gasteiger partial charge in [-0.05, 0) is 43.7 Å². The Labute approximate surface area is 130 Å². The van der Waals surface area contributed by atoms with Crippen LogP contribution in [-0.2, 0) is 16.0 Å². The van der Waals surface area contributed by atoms with Crippen molar-refractivity contribution < 1.29 is 14.7 Å². The molecule has 0 radical (unpaired) electrons. The number of para-hydroxylation sites is 1. The second kappa shape index (κ2) is 6.34. The average molecular weight is 299 g/mol. The van der Waals surface area contributed by atoms with E-state index in [1.807, 2.05) is 35.3 Å². The molecule has 1 N–H and O–H groups in total. The van der Waals surface area contributed by atoms with Crippen LogP contribution in [0.25, 0.3) is 0 Å². The quantitative estimate of drug-likeness (QED) is 0.854. The van der Waals surface area contributed by atoms with Crippen LogP contribution in [0.4, 0.5) is 5.69 Å². The summed E-state index contributed by atoms with van der Waals surface area (Å²) in [7, 11) is 0. The molecule has 0 saturated heterocycles. The molecular weight excluding hydrogens is 278 g/mol. The highest BCUT2D eigenvalue weighted by Gasteiger charge is 2.37. The maximum Gasteiger partial charge on any atom is 0.307 e. The van der Waals surface area contributed by atoms with Crippen LogP contribution >= 0.6 is 0 Å². The number of rotatable bonds is 2. The van der Waals surface area contributed by atoms with Crippen molar-refractivity contribution in [2.45, 2.75) is 32.1 Å². The van der Waals surface area contributed by atoms with Gasteiger partial charge in [0.1, 0.15) is 0 Å². The van der Waals surface area contributed by atoms with Gasteiger partial charge in [0, 0.05) is 12.2 Å². The van der Waals surface area contributed by atoms with E-state index in [9.17, 15) is 14.7 Å². The standard InChI is InChI=1S/C18H21NO3/c20-17(14-9-2-3-10-15(14)18(21)22)19-12-6-5-8-13-7-1-4-11-16(13)19/h1-4,7,11,14-15H,5-6,8-10,12H2,(H,21,22)/t14-,15+/m1/s1. The fraction of sp³-hybridized carbons (Fsp3) is 0.444. The molecule has 1 aliphatic carbocycles. The van der Waals surface area contributed by atoms with Crippen molar-refractivity contribution >= 4 is 17.6 Å². The van der Waals surface area contributed by atoms with Crippen molar-refractivity contribution in [1.29, 1.82) is 0 Å². The number of amides is 1. The van der Waals surface area contributed by atoms with Crippen molar-refractivity contribution in [3.8, 4) is 0 Å². The largest absolute Gasteiger partial charge is 0.481 e. The number of aryl methyl sites for hydroxylation is 1. The van der Waals surface area contributed by atoms with Gasteiger partial charge in [-0.2, -0.15) is 0 Å². The molecule has 0 saturated carbocycles. The second-order valence-corrected chi connectivity index (χ2v) is 6.07. The zero-order valence-corrected chi connectivity index (χ0v) is 12.6. The Balaban J connectivity index is 1.91. The molecule has 2 aliphatic rings. The number of nitrogens with zero attached hydrogens (tertiary/aromatic N) is 1. The molecule has 3 rings (SSSR count). The summed E-state index contributed by atoms with van der Waals surface area (Å²) in [6.07, 6.45) is 7.78. The summed E-state index contributed by atoms with van der Waals surface area (Å²) in [5.41, 5.74) is 2.15. The molecule has 1 aromatic rings. The third kappa shape index (κ3) is 2.78. The van der Waals surface area contributed by atoms with Crippen molar-refractivity contribution in [3.63, 3.8) is 0 Å². The highest BCUT2D eigenvalue weighted by atomic mass is 16.4. The summed E-state index contributed by atoms with van der Waals surface area (Å²) in [5, 5.41) is 9.40. The number of benzene rings is 1. The Morgan fingerprint density at radius 2 is 1.77 bits per heavy atom. The Kier molecular flexibility index (Phi) is 4.27. The van der Waals surface area contributed by atoms with E-state index in [2.05, 4.69) is 6.07 Å². The molecule has 2 atom stereocenters. The Hall–Kier alpha value is -2.10. The average Bonchev–Trinajstić information content (AvgIpc) is 2.76. The van der Waals surface area contributed by atoms with Crippen LogP contribution in [0.2, 0.25) is 0 Å². The zero-order valence-electron chi connectivity index (χ0n) is 12.6. The number of carboxylic acids is 1. The van der Waals surface area contributed by atoms with E-state index in [1.165, 1.54) is 5.56 Å². The summed E-state index contributed by atoms with van der Waals surface area (Å²) >= 11 is 0. The van der Waals surface area contributed by atoms with Gasteiger partial charge in [0.2, 0.25) is 5.91 Å². The first kappa shape index (κ1) is 14.8. The molecule has 116 valence electrons. The van der Waals surface area contributed by atoms with Gasteiger partial charge in [0.25, 0.3) is 0 Å². The Morgan fingerprint density at radius 1 is 1.05 bits per heavy atom. The predicted molar refractivity (Wildman–Crippen MR) is 84.7 cm³/mol. The summed E-state index contributed by atoms with van der Waals surface area (Å²) in [6.45, 7) is 0.683. The van der Waals surface area contributed by atoms with Crippen LogP contribution in [0.3, 0.4) is 0 Å². The Bertz CT molecular complexity index is 608. The molecule has 0 fully saturated rings. The molecule has 1 amide bonds. The van der Waals surface area contributed by atoms with E-state index in [4.69, 9.17) is 0 Å². The zero-order chi connectivity index (χ0) is 15.5. The molecule has 1 aromatic carbocycles. The molecule has 1 aliphatic heterocycles. The number of carboxylic acid groups (broad SMARTS) is 1. The van der Waals surface area contributed by atoms with Gasteiger partial charge in [-0.3, -0.25) is 9.59 Å². The molecule has 1 heterocycles. The fourth-order valence-corrected chi connectivity index (χ4v) is 3.48. The molecule has 22 heavy (non-hydrogen) atoms. The topological polar surface area (TPSA) is 57.6 Å². The van der Waals surface area contributed by atoms with E-state index in [0.717, 1.165) is 24.9 Å². The molecule has 0 bridgehead atoms. The van der Waals surface area contributed by atoms with Crippen LogP contribution in [-0.4, -0.2) is 23.5 Å². The molecule has 0 aromatic heterocycles. The van der Waals surface area contributed by atoms with Gasteiger partial charge in [-0.1, -0.05) is 30.4 Å². The van der Waals surface area contributed by atoms with Gasteiger partial charge in [0.15, 0.2) is 0 Å². The lowest BCUT2D eigenvalue weighted by atomic mass is 9.82. The van der Waals surface area contributed by atoms with Gasteiger partial charge in [-0.15, -0.1) is 0 Å². The number of carbonyl (C=O) groups is 2. The van der Waals surface area contributed by atoms with Crippen LogP contribution in [0, 0.1) is 11.8 Å². The summed E-state index contributed by atoms with van der Waals surface area (Å²) < 4.78 is 0. The molecule has 0 spiro atoms. The predicted octanol–water partition coefficient (Wildman–Crippen LogP) is 3.02. The first-order valence-corrected chi connectivity index (χ1v) is 7.95. The van der Waals surface area contributed by atoms with E-state index in [-0.39, 0.29) is 5.91 Å². The number of aliphatic carboxylic acids is 1. The van der Waals surface area contributed by atoms with Crippen molar-refractivity contribution in [3.05, 3.63) is 42.0 Å². The highest BCUT2D eigenvalue weighted by Crippen LogP contribution is 2.32. The normalized spacial score (nSPS) is 24.5. The summed E-state index contributed by atoms with van der Waals surface area (Å²) in [6, 6.07) is 7.99.